The average molecular weight is 302 g/mol. The second kappa shape index (κ2) is 5.58. The molecule has 0 heterocycles. The monoisotopic (exact) mass is 301 g/mol. The Morgan fingerprint density at radius 3 is 2.53 bits per heavy atom. The van der Waals surface area contributed by atoms with Gasteiger partial charge < -0.3 is 10.4 Å². The van der Waals surface area contributed by atoms with Crippen molar-refractivity contribution in [1.29, 1.82) is 0 Å². The van der Waals surface area contributed by atoms with Crippen LogP contribution in [0, 0.1) is 5.82 Å². The normalized spacial score (nSPS) is 11.1. The number of rotatable bonds is 3. The minimum Gasteiger partial charge on any atom is -0.477 e. The molecule has 0 aliphatic rings. The number of amides is 1. The number of benzene rings is 1. The molecule has 0 aromatic heterocycles. The summed E-state index contributed by atoms with van der Waals surface area (Å²) in [7, 11) is 0. The van der Waals surface area contributed by atoms with Crippen molar-refractivity contribution < 1.29 is 19.1 Å². The molecule has 0 atom stereocenters. The number of carbonyl (C=O) groups excluding carboxylic acids is 1. The number of nitrogens with one attached hydrogen (secondary N) is 1. The van der Waals surface area contributed by atoms with E-state index in [1.807, 2.05) is 0 Å². The van der Waals surface area contributed by atoms with Gasteiger partial charge in [0.05, 0.1) is 0 Å². The number of carboxylic acids is 1. The molecular weight excluding hydrogens is 293 g/mol. The highest BCUT2D eigenvalue weighted by molar-refractivity contribution is 9.10. The Morgan fingerprint density at radius 2 is 2.06 bits per heavy atom. The van der Waals surface area contributed by atoms with Crippen molar-refractivity contribution in [3.05, 3.63) is 39.7 Å². The molecule has 1 aromatic carbocycles. The van der Waals surface area contributed by atoms with Crippen LogP contribution in [0.1, 0.15) is 12.5 Å². The van der Waals surface area contributed by atoms with E-state index in [1.165, 1.54) is 25.1 Å². The first-order valence-electron chi connectivity index (χ1n) is 4.57. The van der Waals surface area contributed by atoms with E-state index < -0.39 is 17.7 Å². The van der Waals surface area contributed by atoms with E-state index in [0.29, 0.717) is 10.0 Å². The molecule has 0 bridgehead atoms. The number of halogens is 2. The molecule has 0 fully saturated rings. The summed E-state index contributed by atoms with van der Waals surface area (Å²) in [6, 6.07) is 3.94. The van der Waals surface area contributed by atoms with Crippen LogP contribution in [0.2, 0.25) is 0 Å². The van der Waals surface area contributed by atoms with Gasteiger partial charge in [-0.25, -0.2) is 9.18 Å². The van der Waals surface area contributed by atoms with Gasteiger partial charge in [0.15, 0.2) is 0 Å². The van der Waals surface area contributed by atoms with Crippen molar-refractivity contribution in [2.45, 2.75) is 6.92 Å². The molecule has 1 amide bonds. The lowest BCUT2D eigenvalue weighted by molar-refractivity contribution is -0.134. The zero-order valence-electron chi connectivity index (χ0n) is 8.83. The standard InChI is InChI=1S/C11H9BrFNO3/c1-6(15)14-10(11(16)17)4-7-2-8(12)5-9(13)3-7/h2-5H,1H3,(H,14,15)(H,16,17)/b10-4-. The number of carboxylic acid groups (broad SMARTS) is 1. The Hall–Kier alpha value is -1.69. The number of hydrogen-bond donors (Lipinski definition) is 2. The van der Waals surface area contributed by atoms with Gasteiger partial charge in [0, 0.05) is 11.4 Å². The van der Waals surface area contributed by atoms with Crippen LogP contribution in [0.25, 0.3) is 6.08 Å². The summed E-state index contributed by atoms with van der Waals surface area (Å²) in [5.41, 5.74) is 0.0259. The molecule has 0 radical (unpaired) electrons. The van der Waals surface area contributed by atoms with Gasteiger partial charge in [-0.3, -0.25) is 4.79 Å². The van der Waals surface area contributed by atoms with Gasteiger partial charge in [0.1, 0.15) is 11.5 Å². The lowest BCUT2D eigenvalue weighted by Gasteiger charge is -2.03. The third kappa shape index (κ3) is 4.36. The quantitative estimate of drug-likeness (QED) is 0.841. The summed E-state index contributed by atoms with van der Waals surface area (Å²) in [4.78, 5) is 21.6. The van der Waals surface area contributed by atoms with Gasteiger partial charge in [-0.15, -0.1) is 0 Å². The van der Waals surface area contributed by atoms with Crippen LogP contribution in [0.15, 0.2) is 28.4 Å². The van der Waals surface area contributed by atoms with Crippen molar-refractivity contribution in [3.63, 3.8) is 0 Å². The maximum absolute atomic E-state index is 13.0. The Kier molecular flexibility index (Phi) is 4.39. The van der Waals surface area contributed by atoms with Crippen LogP contribution < -0.4 is 5.32 Å². The highest BCUT2D eigenvalue weighted by Gasteiger charge is 2.09. The molecule has 1 aromatic rings. The van der Waals surface area contributed by atoms with Crippen molar-refractivity contribution in [3.8, 4) is 0 Å². The third-order valence-electron chi connectivity index (χ3n) is 1.74. The van der Waals surface area contributed by atoms with Crippen molar-refractivity contribution in [1.82, 2.24) is 5.32 Å². The van der Waals surface area contributed by atoms with E-state index in [4.69, 9.17) is 5.11 Å². The van der Waals surface area contributed by atoms with Crippen molar-refractivity contribution in [2.24, 2.45) is 0 Å². The first kappa shape index (κ1) is 13.4. The van der Waals surface area contributed by atoms with Gasteiger partial charge in [-0.05, 0) is 29.8 Å². The van der Waals surface area contributed by atoms with Crippen molar-refractivity contribution >= 4 is 33.9 Å². The number of hydrogen-bond acceptors (Lipinski definition) is 2. The van der Waals surface area contributed by atoms with Crippen molar-refractivity contribution in [2.75, 3.05) is 0 Å². The van der Waals surface area contributed by atoms with Crippen LogP contribution in [0.3, 0.4) is 0 Å². The summed E-state index contributed by atoms with van der Waals surface area (Å²) in [5.74, 6) is -2.30. The van der Waals surface area contributed by atoms with Crippen LogP contribution in [-0.4, -0.2) is 17.0 Å². The Bertz CT molecular complexity index is 479. The number of carbonyl (C=O) groups is 2. The second-order valence-electron chi connectivity index (χ2n) is 3.25. The highest BCUT2D eigenvalue weighted by Crippen LogP contribution is 2.16. The fraction of sp³-hybridized carbons (Fsp3) is 0.0909. The second-order valence-corrected chi connectivity index (χ2v) is 4.16. The van der Waals surface area contributed by atoms with Gasteiger partial charge in [-0.1, -0.05) is 15.9 Å². The lowest BCUT2D eigenvalue weighted by Crippen LogP contribution is -2.24. The first-order valence-corrected chi connectivity index (χ1v) is 5.36. The lowest BCUT2D eigenvalue weighted by atomic mass is 10.2. The minimum atomic E-state index is -1.29. The predicted molar refractivity (Wildman–Crippen MR) is 63.5 cm³/mol. The molecule has 0 spiro atoms. The molecule has 1 rings (SSSR count). The van der Waals surface area contributed by atoms with E-state index in [2.05, 4.69) is 21.2 Å². The molecule has 0 aliphatic heterocycles. The smallest absolute Gasteiger partial charge is 0.352 e. The summed E-state index contributed by atoms with van der Waals surface area (Å²) in [5, 5.41) is 11.0. The van der Waals surface area contributed by atoms with Gasteiger partial charge in [0.25, 0.3) is 0 Å². The van der Waals surface area contributed by atoms with Gasteiger partial charge >= 0.3 is 5.97 Å². The Balaban J connectivity index is 3.12. The first-order chi connectivity index (χ1) is 7.88. The van der Waals surface area contributed by atoms with Gasteiger partial charge in [-0.2, -0.15) is 0 Å². The zero-order valence-corrected chi connectivity index (χ0v) is 10.4. The summed E-state index contributed by atoms with van der Waals surface area (Å²) in [6.45, 7) is 1.19. The highest BCUT2D eigenvalue weighted by atomic mass is 79.9. The van der Waals surface area contributed by atoms with E-state index in [-0.39, 0.29) is 5.70 Å². The van der Waals surface area contributed by atoms with Crippen LogP contribution in [-0.2, 0) is 9.59 Å². The maximum atomic E-state index is 13.0. The van der Waals surface area contributed by atoms with E-state index in [0.717, 1.165) is 6.07 Å². The summed E-state index contributed by atoms with van der Waals surface area (Å²) < 4.78 is 13.5. The SMILES string of the molecule is CC(=O)N/C(=C\c1cc(F)cc(Br)c1)C(=O)O. The Labute approximate surface area is 105 Å². The fourth-order valence-corrected chi connectivity index (χ4v) is 1.65. The molecule has 0 saturated carbocycles. The zero-order chi connectivity index (χ0) is 13.0. The molecule has 17 heavy (non-hydrogen) atoms. The largest absolute Gasteiger partial charge is 0.477 e. The van der Waals surface area contributed by atoms with E-state index >= 15 is 0 Å². The van der Waals surface area contributed by atoms with Crippen LogP contribution in [0.4, 0.5) is 4.39 Å². The molecule has 6 heteroatoms. The maximum Gasteiger partial charge on any atom is 0.352 e. The third-order valence-corrected chi connectivity index (χ3v) is 2.19. The van der Waals surface area contributed by atoms with E-state index in [1.54, 1.807) is 0 Å². The predicted octanol–water partition coefficient (Wildman–Crippen LogP) is 2.15. The molecule has 2 N–H and O–H groups in total. The molecular formula is C11H9BrFNO3. The van der Waals surface area contributed by atoms with Crippen LogP contribution >= 0.6 is 15.9 Å². The molecule has 0 saturated heterocycles. The minimum absolute atomic E-state index is 0.310. The molecule has 4 nitrogen and oxygen atoms in total. The summed E-state index contributed by atoms with van der Waals surface area (Å²) >= 11 is 3.09. The average Bonchev–Trinajstić information content (AvgIpc) is 2.13. The van der Waals surface area contributed by atoms with Gasteiger partial charge in [0.2, 0.25) is 5.91 Å². The topological polar surface area (TPSA) is 66.4 Å². The molecule has 90 valence electrons. The van der Waals surface area contributed by atoms with E-state index in [9.17, 15) is 14.0 Å². The number of aliphatic carboxylic acids is 1. The van der Waals surface area contributed by atoms with Crippen LogP contribution in [0.5, 0.6) is 0 Å². The molecule has 0 unspecified atom stereocenters. The molecule has 0 aliphatic carbocycles. The Morgan fingerprint density at radius 1 is 1.41 bits per heavy atom. The fourth-order valence-electron chi connectivity index (χ4n) is 1.17. The summed E-state index contributed by atoms with van der Waals surface area (Å²) in [6.07, 6.45) is 1.18.